The summed E-state index contributed by atoms with van der Waals surface area (Å²) in [7, 11) is 1.35. The van der Waals surface area contributed by atoms with Crippen LogP contribution in [0.25, 0.3) is 11.1 Å². The maximum atomic E-state index is 13.9. The van der Waals surface area contributed by atoms with Gasteiger partial charge in [-0.2, -0.15) is 26.3 Å². The van der Waals surface area contributed by atoms with Crippen molar-refractivity contribution in [3.8, 4) is 11.1 Å². The van der Waals surface area contributed by atoms with Gasteiger partial charge in [-0.05, 0) is 93.2 Å². The van der Waals surface area contributed by atoms with E-state index in [1.165, 1.54) is 45.3 Å². The molecule has 0 saturated carbocycles. The molecule has 2 atom stereocenters. The van der Waals surface area contributed by atoms with Crippen molar-refractivity contribution < 1.29 is 45.7 Å². The molecule has 3 aromatic rings. The second kappa shape index (κ2) is 13.8. The lowest BCUT2D eigenvalue weighted by atomic mass is 9.81. The molecular weight excluding hydrogens is 633 g/mol. The Labute approximate surface area is 268 Å². The Bertz CT molecular complexity index is 1560. The molecule has 3 N–H and O–H groups in total. The number of likely N-dealkylation sites (N-methyl/N-ethyl adjacent to an activating group) is 1. The van der Waals surface area contributed by atoms with Crippen molar-refractivity contribution in [3.05, 3.63) is 76.7 Å². The molecule has 0 radical (unpaired) electrons. The van der Waals surface area contributed by atoms with Crippen LogP contribution in [0.3, 0.4) is 0 Å². The Hall–Kier alpha value is -3.75. The van der Waals surface area contributed by atoms with Crippen LogP contribution in [-0.2, 0) is 22.6 Å². The van der Waals surface area contributed by atoms with E-state index in [4.69, 9.17) is 5.11 Å². The number of carbonyl (C=O) groups excluding carboxylic acids is 1. The number of halogens is 7. The minimum atomic E-state index is -5.07. The fourth-order valence-electron chi connectivity index (χ4n) is 5.58. The molecule has 256 valence electrons. The van der Waals surface area contributed by atoms with Gasteiger partial charge < -0.3 is 25.3 Å². The Morgan fingerprint density at radius 2 is 1.53 bits per heavy atom. The van der Waals surface area contributed by atoms with Crippen molar-refractivity contribution >= 4 is 17.4 Å². The first-order chi connectivity index (χ1) is 21.8. The lowest BCUT2D eigenvalue weighted by Crippen LogP contribution is -2.42. The summed E-state index contributed by atoms with van der Waals surface area (Å²) in [5.74, 6) is -0.797. The third-order valence-corrected chi connectivity index (χ3v) is 8.38. The number of aromatic nitrogens is 1. The number of carbonyl (C=O) groups is 1. The molecule has 1 aromatic heterocycles. The monoisotopic (exact) mass is 670 g/mol. The third kappa shape index (κ3) is 8.40. The summed E-state index contributed by atoms with van der Waals surface area (Å²) in [5.41, 5.74) is -3.61. The Balaban J connectivity index is 0.000000748. The maximum Gasteiger partial charge on any atom is 0.416 e. The zero-order valence-electron chi connectivity index (χ0n) is 26.3. The van der Waals surface area contributed by atoms with E-state index in [0.717, 1.165) is 24.4 Å². The number of hydrogen-bond acceptors (Lipinski definition) is 6. The molecule has 0 bridgehead atoms. The highest BCUT2D eigenvalue weighted by atomic mass is 19.4. The number of nitrogens with one attached hydrogen (secondary N) is 1. The van der Waals surface area contributed by atoms with Gasteiger partial charge in [0, 0.05) is 32.2 Å². The van der Waals surface area contributed by atoms with Gasteiger partial charge in [0.1, 0.15) is 11.6 Å². The fourth-order valence-corrected chi connectivity index (χ4v) is 5.58. The summed E-state index contributed by atoms with van der Waals surface area (Å²) >= 11 is 0. The SMILES string of the molecule is Cc1cc(F)ccc1-c1cc(N2CCC(O)C2)ncc1N(C)C(=O)C(C)(C)c1cc(C(F)(F)F)cc(C(F)(F)F)c1.OC1CCNC1. The molecule has 47 heavy (non-hydrogen) atoms. The van der Waals surface area contributed by atoms with Gasteiger partial charge in [-0.1, -0.05) is 6.07 Å². The van der Waals surface area contributed by atoms with Crippen LogP contribution < -0.4 is 15.1 Å². The molecule has 2 aliphatic heterocycles. The summed E-state index contributed by atoms with van der Waals surface area (Å²) < 4.78 is 95.1. The summed E-state index contributed by atoms with van der Waals surface area (Å²) in [6.45, 7) is 6.78. The van der Waals surface area contributed by atoms with Gasteiger partial charge in [0.25, 0.3) is 0 Å². The van der Waals surface area contributed by atoms with Gasteiger partial charge in [0.15, 0.2) is 0 Å². The van der Waals surface area contributed by atoms with Gasteiger partial charge in [-0.3, -0.25) is 4.79 Å². The number of aliphatic hydroxyl groups excluding tert-OH is 2. The topological polar surface area (TPSA) is 88.9 Å². The number of benzene rings is 2. The summed E-state index contributed by atoms with van der Waals surface area (Å²) in [5, 5.41) is 21.7. The number of nitrogens with zero attached hydrogens (tertiary/aromatic N) is 3. The van der Waals surface area contributed by atoms with E-state index in [-0.39, 0.29) is 17.9 Å². The lowest BCUT2D eigenvalue weighted by molar-refractivity contribution is -0.143. The first-order valence-corrected chi connectivity index (χ1v) is 15.0. The second-order valence-corrected chi connectivity index (χ2v) is 12.3. The minimum Gasteiger partial charge on any atom is -0.392 e. The predicted molar refractivity (Wildman–Crippen MR) is 164 cm³/mol. The third-order valence-electron chi connectivity index (χ3n) is 8.38. The molecular formula is C33H37F7N4O3. The van der Waals surface area contributed by atoms with Crippen LogP contribution >= 0.6 is 0 Å². The highest BCUT2D eigenvalue weighted by Crippen LogP contribution is 2.41. The maximum absolute atomic E-state index is 13.9. The largest absolute Gasteiger partial charge is 0.416 e. The molecule has 2 aromatic carbocycles. The van der Waals surface area contributed by atoms with E-state index in [9.17, 15) is 40.6 Å². The van der Waals surface area contributed by atoms with E-state index in [1.54, 1.807) is 13.0 Å². The highest BCUT2D eigenvalue weighted by molar-refractivity contribution is 6.03. The zero-order valence-corrected chi connectivity index (χ0v) is 26.3. The Morgan fingerprint density at radius 3 is 2.00 bits per heavy atom. The van der Waals surface area contributed by atoms with Crippen molar-refractivity contribution in [3.63, 3.8) is 0 Å². The number of aliphatic hydroxyl groups is 2. The first-order valence-electron chi connectivity index (χ1n) is 15.0. The molecule has 2 fully saturated rings. The molecule has 3 heterocycles. The molecule has 1 amide bonds. The van der Waals surface area contributed by atoms with E-state index in [2.05, 4.69) is 10.3 Å². The van der Waals surface area contributed by atoms with Crippen LogP contribution in [0.15, 0.2) is 48.7 Å². The molecule has 0 aliphatic carbocycles. The quantitative estimate of drug-likeness (QED) is 0.285. The minimum absolute atomic E-state index is 0.0150. The smallest absolute Gasteiger partial charge is 0.392 e. The zero-order chi connectivity index (χ0) is 34.9. The second-order valence-electron chi connectivity index (χ2n) is 12.3. The van der Waals surface area contributed by atoms with E-state index < -0.39 is 52.3 Å². The number of aryl methyl sites for hydroxylation is 1. The van der Waals surface area contributed by atoms with E-state index >= 15 is 0 Å². The van der Waals surface area contributed by atoms with Crippen molar-refractivity contribution in [2.75, 3.05) is 43.0 Å². The van der Waals surface area contributed by atoms with Gasteiger partial charge in [0.2, 0.25) is 5.91 Å². The number of pyridine rings is 1. The van der Waals surface area contributed by atoms with Gasteiger partial charge in [-0.25, -0.2) is 9.37 Å². The van der Waals surface area contributed by atoms with Crippen molar-refractivity contribution in [1.82, 2.24) is 10.3 Å². The number of hydrogen-bond donors (Lipinski definition) is 3. The Kier molecular flexibility index (Phi) is 10.6. The van der Waals surface area contributed by atoms with Crippen LogP contribution in [0.2, 0.25) is 0 Å². The number of amides is 1. The normalized spacial score (nSPS) is 18.6. The molecule has 2 aliphatic rings. The number of β-amino-alcohol motifs (C(OH)–C–C–N with tert-alkyl or cyclic N) is 2. The van der Waals surface area contributed by atoms with Crippen LogP contribution in [0.1, 0.15) is 48.9 Å². The number of rotatable bonds is 5. The number of anilines is 2. The number of alkyl halides is 6. The lowest BCUT2D eigenvalue weighted by Gasteiger charge is -2.32. The van der Waals surface area contributed by atoms with Crippen molar-refractivity contribution in [2.45, 2.75) is 63.6 Å². The average Bonchev–Trinajstić information content (AvgIpc) is 3.66. The first kappa shape index (κ1) is 36.1. The molecule has 7 nitrogen and oxygen atoms in total. The summed E-state index contributed by atoms with van der Waals surface area (Å²) in [6.07, 6.45) is -7.93. The predicted octanol–water partition coefficient (Wildman–Crippen LogP) is 6.09. The van der Waals surface area contributed by atoms with Gasteiger partial charge in [-0.15, -0.1) is 0 Å². The van der Waals surface area contributed by atoms with E-state index in [1.807, 2.05) is 4.90 Å². The Morgan fingerprint density at radius 1 is 0.915 bits per heavy atom. The fraction of sp³-hybridized carbons (Fsp3) is 0.455. The average molecular weight is 671 g/mol. The van der Waals surface area contributed by atoms with Crippen LogP contribution in [0.5, 0.6) is 0 Å². The molecule has 2 unspecified atom stereocenters. The molecule has 14 heteroatoms. The van der Waals surface area contributed by atoms with Gasteiger partial charge >= 0.3 is 12.4 Å². The van der Waals surface area contributed by atoms with E-state index in [0.29, 0.717) is 54.2 Å². The summed E-state index contributed by atoms with van der Waals surface area (Å²) in [4.78, 5) is 21.2. The molecule has 2 saturated heterocycles. The van der Waals surface area contributed by atoms with Crippen LogP contribution in [0.4, 0.5) is 42.2 Å². The van der Waals surface area contributed by atoms with Gasteiger partial charge in [0.05, 0.1) is 40.6 Å². The van der Waals surface area contributed by atoms with Crippen molar-refractivity contribution in [1.29, 1.82) is 0 Å². The molecule has 0 spiro atoms. The molecule has 5 rings (SSSR count). The van der Waals surface area contributed by atoms with Crippen LogP contribution in [0, 0.1) is 12.7 Å². The van der Waals surface area contributed by atoms with Crippen molar-refractivity contribution in [2.24, 2.45) is 0 Å². The van der Waals surface area contributed by atoms with Crippen LogP contribution in [-0.4, -0.2) is 66.5 Å². The highest BCUT2D eigenvalue weighted by Gasteiger charge is 2.41. The summed E-state index contributed by atoms with van der Waals surface area (Å²) in [6, 6.07) is 6.82. The standard InChI is InChI=1S/C29H28F7N3O2.C4H9NO/c1-16-9-20(30)5-6-22(16)23-13-25(39-8-7-21(40)15-39)37-14-24(23)38(4)26(41)27(2,3)17-10-18(28(31,32)33)12-19(11-17)29(34,35)36;6-4-1-2-5-3-4/h5-6,9-14,21,40H,7-8,15H2,1-4H3;4-6H,1-3H2.